The molecule has 1 amide bonds. The van der Waals surface area contributed by atoms with Gasteiger partial charge < -0.3 is 14.8 Å². The van der Waals surface area contributed by atoms with Crippen molar-refractivity contribution in [3.05, 3.63) is 87.5 Å². The minimum absolute atomic E-state index is 0.259. The highest BCUT2D eigenvalue weighted by Crippen LogP contribution is 2.24. The summed E-state index contributed by atoms with van der Waals surface area (Å²) in [6.45, 7) is 0. The van der Waals surface area contributed by atoms with Crippen molar-refractivity contribution in [3.63, 3.8) is 0 Å². The molecule has 0 bridgehead atoms. The van der Waals surface area contributed by atoms with E-state index in [4.69, 9.17) is 4.52 Å². The summed E-state index contributed by atoms with van der Waals surface area (Å²) >= 11 is 1.54. The van der Waals surface area contributed by atoms with Crippen molar-refractivity contribution in [2.24, 2.45) is 0 Å². The van der Waals surface area contributed by atoms with E-state index in [9.17, 15) is 9.59 Å². The van der Waals surface area contributed by atoms with Crippen LogP contribution in [0.1, 0.15) is 21.8 Å². The Kier molecular flexibility index (Phi) is 4.63. The minimum Gasteiger partial charge on any atom is -0.339 e. The first-order valence-corrected chi connectivity index (χ1v) is 9.01. The molecule has 4 aromatic rings. The molecule has 7 nitrogen and oxygen atoms in total. The smallest absolute Gasteiger partial charge is 0.257 e. The van der Waals surface area contributed by atoms with Gasteiger partial charge in [0.15, 0.2) is 0 Å². The van der Waals surface area contributed by atoms with Crippen LogP contribution in [0.4, 0.5) is 5.69 Å². The second kappa shape index (κ2) is 7.38. The Balaban J connectivity index is 1.54. The summed E-state index contributed by atoms with van der Waals surface area (Å²) in [7, 11) is 0. The van der Waals surface area contributed by atoms with Gasteiger partial charge in [-0.2, -0.15) is 4.98 Å². The first-order valence-electron chi connectivity index (χ1n) is 8.13. The van der Waals surface area contributed by atoms with Gasteiger partial charge in [0.2, 0.25) is 17.3 Å². The average molecular weight is 378 g/mol. The molecule has 0 spiro atoms. The van der Waals surface area contributed by atoms with Crippen molar-refractivity contribution in [2.45, 2.75) is 6.42 Å². The lowest BCUT2D eigenvalue weighted by Gasteiger charge is -2.09. The summed E-state index contributed by atoms with van der Waals surface area (Å²) in [5.41, 5.74) is 1.59. The van der Waals surface area contributed by atoms with E-state index >= 15 is 0 Å². The van der Waals surface area contributed by atoms with Crippen LogP contribution in [-0.2, 0) is 6.42 Å². The fourth-order valence-electron chi connectivity index (χ4n) is 2.54. The van der Waals surface area contributed by atoms with E-state index < -0.39 is 0 Å². The molecule has 0 saturated heterocycles. The molecule has 27 heavy (non-hydrogen) atoms. The molecule has 3 heterocycles. The number of aromatic nitrogens is 3. The predicted molar refractivity (Wildman–Crippen MR) is 102 cm³/mol. The number of H-pyrrole nitrogens is 1. The number of benzene rings is 1. The molecule has 0 fully saturated rings. The summed E-state index contributed by atoms with van der Waals surface area (Å²) < 4.78 is 5.34. The van der Waals surface area contributed by atoms with Gasteiger partial charge >= 0.3 is 0 Å². The van der Waals surface area contributed by atoms with Gasteiger partial charge in [0.25, 0.3) is 5.91 Å². The maximum absolute atomic E-state index is 12.4. The van der Waals surface area contributed by atoms with E-state index in [1.54, 1.807) is 6.07 Å². The fourth-order valence-corrected chi connectivity index (χ4v) is 3.19. The molecule has 0 radical (unpaired) electrons. The van der Waals surface area contributed by atoms with Gasteiger partial charge in [0.1, 0.15) is 0 Å². The Morgan fingerprint density at radius 1 is 1.15 bits per heavy atom. The molecule has 4 rings (SSSR count). The lowest BCUT2D eigenvalue weighted by atomic mass is 10.1. The van der Waals surface area contributed by atoms with E-state index in [0.29, 0.717) is 29.4 Å². The second-order valence-electron chi connectivity index (χ2n) is 5.72. The molecular weight excluding hydrogens is 364 g/mol. The quantitative estimate of drug-likeness (QED) is 0.555. The number of carbonyl (C=O) groups excluding carboxylic acids is 1. The summed E-state index contributed by atoms with van der Waals surface area (Å²) in [5.74, 6) is 0.697. The number of para-hydroxylation sites is 1. The van der Waals surface area contributed by atoms with Crippen LogP contribution in [0.25, 0.3) is 10.7 Å². The van der Waals surface area contributed by atoms with E-state index in [1.807, 2.05) is 35.7 Å². The summed E-state index contributed by atoms with van der Waals surface area (Å²) in [5, 5.41) is 8.81. The topological polar surface area (TPSA) is 101 Å². The zero-order valence-corrected chi connectivity index (χ0v) is 14.8. The van der Waals surface area contributed by atoms with E-state index in [0.717, 1.165) is 10.4 Å². The van der Waals surface area contributed by atoms with Gasteiger partial charge in [-0.3, -0.25) is 9.59 Å². The van der Waals surface area contributed by atoms with E-state index in [-0.39, 0.29) is 11.5 Å². The molecule has 1 aromatic carbocycles. The van der Waals surface area contributed by atoms with Crippen LogP contribution in [0.15, 0.2) is 69.4 Å². The number of amides is 1. The highest BCUT2D eigenvalue weighted by Gasteiger charge is 2.14. The number of anilines is 1. The first kappa shape index (κ1) is 16.9. The molecule has 0 aliphatic carbocycles. The van der Waals surface area contributed by atoms with Crippen molar-refractivity contribution < 1.29 is 9.32 Å². The van der Waals surface area contributed by atoms with Gasteiger partial charge in [-0.25, -0.2) is 0 Å². The van der Waals surface area contributed by atoms with Crippen LogP contribution < -0.4 is 10.9 Å². The molecule has 3 aromatic heterocycles. The monoisotopic (exact) mass is 378 g/mol. The Hall–Kier alpha value is -3.52. The Bertz CT molecular complexity index is 1110. The molecule has 0 aliphatic rings. The second-order valence-corrected chi connectivity index (χ2v) is 6.67. The number of thiophene rings is 1. The van der Waals surface area contributed by atoms with Crippen molar-refractivity contribution in [1.82, 2.24) is 15.1 Å². The molecular formula is C19H14N4O3S. The third-order valence-electron chi connectivity index (χ3n) is 3.86. The number of hydrogen-bond acceptors (Lipinski definition) is 6. The van der Waals surface area contributed by atoms with Crippen LogP contribution in [0.5, 0.6) is 0 Å². The Morgan fingerprint density at radius 3 is 2.81 bits per heavy atom. The number of aromatic amines is 1. The van der Waals surface area contributed by atoms with Crippen LogP contribution in [0.2, 0.25) is 0 Å². The van der Waals surface area contributed by atoms with Gasteiger partial charge in [-0.1, -0.05) is 29.4 Å². The highest BCUT2D eigenvalue weighted by atomic mass is 32.1. The number of rotatable bonds is 5. The van der Waals surface area contributed by atoms with Crippen molar-refractivity contribution in [3.8, 4) is 10.7 Å². The van der Waals surface area contributed by atoms with Crippen molar-refractivity contribution >= 4 is 22.9 Å². The largest absolute Gasteiger partial charge is 0.339 e. The standard InChI is InChI=1S/C19H14N4O3S/c24-16-8-7-13(11-20-16)19(25)21-14-5-2-1-4-12(14)10-17-22-18(23-26-17)15-6-3-9-27-15/h1-9,11H,10H2,(H,20,24)(H,21,25). The molecule has 0 unspecified atom stereocenters. The minimum atomic E-state index is -0.316. The Labute approximate surface area is 157 Å². The van der Waals surface area contributed by atoms with Gasteiger partial charge in [0.05, 0.1) is 16.9 Å². The third kappa shape index (κ3) is 3.85. The third-order valence-corrected chi connectivity index (χ3v) is 4.73. The molecule has 8 heteroatoms. The number of pyridine rings is 1. The summed E-state index contributed by atoms with van der Waals surface area (Å²) in [4.78, 5) is 31.4. The lowest BCUT2D eigenvalue weighted by molar-refractivity contribution is 0.102. The molecule has 2 N–H and O–H groups in total. The van der Waals surface area contributed by atoms with Crippen LogP contribution in [0, 0.1) is 0 Å². The predicted octanol–water partition coefficient (Wildman–Crippen LogP) is 3.33. The lowest BCUT2D eigenvalue weighted by Crippen LogP contribution is -2.15. The molecule has 0 atom stereocenters. The average Bonchev–Trinajstić information content (AvgIpc) is 3.35. The maximum atomic E-state index is 12.4. The van der Waals surface area contributed by atoms with Crippen LogP contribution in [0.3, 0.4) is 0 Å². The van der Waals surface area contributed by atoms with Crippen LogP contribution >= 0.6 is 11.3 Å². The molecule has 134 valence electrons. The van der Waals surface area contributed by atoms with E-state index in [1.165, 1.54) is 29.7 Å². The van der Waals surface area contributed by atoms with Gasteiger partial charge in [-0.05, 0) is 29.1 Å². The number of nitrogens with one attached hydrogen (secondary N) is 2. The van der Waals surface area contributed by atoms with Crippen LogP contribution in [-0.4, -0.2) is 21.0 Å². The van der Waals surface area contributed by atoms with Gasteiger partial charge in [0, 0.05) is 18.0 Å². The Morgan fingerprint density at radius 2 is 2.04 bits per heavy atom. The van der Waals surface area contributed by atoms with E-state index in [2.05, 4.69) is 20.4 Å². The normalized spacial score (nSPS) is 10.7. The van der Waals surface area contributed by atoms with Crippen molar-refractivity contribution in [2.75, 3.05) is 5.32 Å². The van der Waals surface area contributed by atoms with Crippen molar-refractivity contribution in [1.29, 1.82) is 0 Å². The van der Waals surface area contributed by atoms with Gasteiger partial charge in [-0.15, -0.1) is 11.3 Å². The summed E-state index contributed by atoms with van der Waals surface area (Å²) in [6.07, 6.45) is 1.77. The summed E-state index contributed by atoms with van der Waals surface area (Å²) in [6, 6.07) is 14.0. The number of carbonyl (C=O) groups is 1. The number of hydrogen-bond donors (Lipinski definition) is 2. The fraction of sp³-hybridized carbons (Fsp3) is 0.0526. The first-order chi connectivity index (χ1) is 13.2. The maximum Gasteiger partial charge on any atom is 0.257 e. The molecule has 0 saturated carbocycles. The molecule has 0 aliphatic heterocycles. The zero-order valence-electron chi connectivity index (χ0n) is 14.0. The number of nitrogens with zero attached hydrogens (tertiary/aromatic N) is 2. The zero-order chi connectivity index (χ0) is 18.6. The SMILES string of the molecule is O=C(Nc1ccccc1Cc1nc(-c2cccs2)no1)c1ccc(=O)[nH]c1. The highest BCUT2D eigenvalue weighted by molar-refractivity contribution is 7.13.